The first kappa shape index (κ1) is 17.4. The third kappa shape index (κ3) is 4.05. The van der Waals surface area contributed by atoms with Crippen molar-refractivity contribution in [3.05, 3.63) is 36.5 Å². The summed E-state index contributed by atoms with van der Waals surface area (Å²) >= 11 is 0. The molecule has 124 valence electrons. The lowest BCUT2D eigenvalue weighted by atomic mass is 9.84. The molecule has 3 rings (SSSR count). The van der Waals surface area contributed by atoms with Gasteiger partial charge in [-0.15, -0.1) is 12.4 Å². The maximum absolute atomic E-state index is 12.4. The van der Waals surface area contributed by atoms with Crippen LogP contribution in [0.15, 0.2) is 30.9 Å². The molecule has 0 spiro atoms. The smallest absolute Gasteiger partial charge is 0.271 e. The number of aromatic nitrogens is 4. The molecule has 1 aliphatic rings. The van der Waals surface area contributed by atoms with Gasteiger partial charge in [0.2, 0.25) is 0 Å². The molecule has 2 aromatic heterocycles. The summed E-state index contributed by atoms with van der Waals surface area (Å²) in [5, 5.41) is 7.15. The molecule has 0 aliphatic heterocycles. The Kier molecular flexibility index (Phi) is 6.06. The Labute approximate surface area is 141 Å². The van der Waals surface area contributed by atoms with Crippen molar-refractivity contribution in [2.75, 3.05) is 6.54 Å². The van der Waals surface area contributed by atoms with Gasteiger partial charge >= 0.3 is 0 Å². The van der Waals surface area contributed by atoms with Gasteiger partial charge in [0, 0.05) is 18.4 Å². The molecule has 7 nitrogen and oxygen atoms in total. The molecule has 3 N–H and O–H groups in total. The molecule has 2 aromatic rings. The van der Waals surface area contributed by atoms with E-state index in [0.29, 0.717) is 24.0 Å². The standard InChI is InChI=1S/C15H20N6O.ClH/c16-8-11-4-1-2-5-12(11)20-15(22)13-9-17-10-14(19-13)21-7-3-6-18-21;/h3,6-7,9-12H,1-2,4-5,8,16H2,(H,20,22);1H. The second-order valence-electron chi connectivity index (χ2n) is 5.57. The van der Waals surface area contributed by atoms with Crippen LogP contribution in [0.3, 0.4) is 0 Å². The Hall–Kier alpha value is -1.99. The molecule has 1 fully saturated rings. The van der Waals surface area contributed by atoms with E-state index in [2.05, 4.69) is 20.4 Å². The van der Waals surface area contributed by atoms with Gasteiger partial charge in [-0.1, -0.05) is 12.8 Å². The molecule has 0 radical (unpaired) electrons. The molecule has 0 saturated heterocycles. The SMILES string of the molecule is Cl.NCC1CCCCC1NC(=O)c1cncc(-n2cccn2)n1. The van der Waals surface area contributed by atoms with Crippen molar-refractivity contribution in [3.63, 3.8) is 0 Å². The minimum absolute atomic E-state index is 0. The van der Waals surface area contributed by atoms with E-state index in [-0.39, 0.29) is 24.4 Å². The van der Waals surface area contributed by atoms with Crippen LogP contribution >= 0.6 is 12.4 Å². The number of rotatable bonds is 4. The fraction of sp³-hybridized carbons (Fsp3) is 0.467. The highest BCUT2D eigenvalue weighted by molar-refractivity contribution is 5.92. The summed E-state index contributed by atoms with van der Waals surface area (Å²) in [5.74, 6) is 0.670. The lowest BCUT2D eigenvalue weighted by molar-refractivity contribution is 0.0902. The monoisotopic (exact) mass is 336 g/mol. The first-order chi connectivity index (χ1) is 10.8. The number of amides is 1. The average Bonchev–Trinajstić information content (AvgIpc) is 3.10. The van der Waals surface area contributed by atoms with Crippen LogP contribution < -0.4 is 11.1 Å². The third-order valence-corrected chi connectivity index (χ3v) is 4.12. The summed E-state index contributed by atoms with van der Waals surface area (Å²) in [4.78, 5) is 20.8. The van der Waals surface area contributed by atoms with E-state index in [9.17, 15) is 4.79 Å². The van der Waals surface area contributed by atoms with Gasteiger partial charge in [-0.3, -0.25) is 9.78 Å². The predicted octanol–water partition coefficient (Wildman–Crippen LogP) is 1.33. The molecule has 0 aromatic carbocycles. The number of nitrogens with one attached hydrogen (secondary N) is 1. The molecule has 1 aliphatic carbocycles. The summed E-state index contributed by atoms with van der Waals surface area (Å²) < 4.78 is 1.58. The first-order valence-corrected chi connectivity index (χ1v) is 7.61. The number of halogens is 1. The molecule has 23 heavy (non-hydrogen) atoms. The van der Waals surface area contributed by atoms with E-state index in [1.54, 1.807) is 29.3 Å². The Morgan fingerprint density at radius 2 is 2.17 bits per heavy atom. The number of carbonyl (C=O) groups excluding carboxylic acids is 1. The van der Waals surface area contributed by atoms with Crippen molar-refractivity contribution in [1.82, 2.24) is 25.1 Å². The average molecular weight is 337 g/mol. The Morgan fingerprint density at radius 3 is 2.91 bits per heavy atom. The molecule has 2 unspecified atom stereocenters. The number of nitrogens with zero attached hydrogens (tertiary/aromatic N) is 4. The van der Waals surface area contributed by atoms with Crippen molar-refractivity contribution in [1.29, 1.82) is 0 Å². The van der Waals surface area contributed by atoms with Crippen molar-refractivity contribution >= 4 is 18.3 Å². The summed E-state index contributed by atoms with van der Waals surface area (Å²) in [6.07, 6.45) is 10.8. The summed E-state index contributed by atoms with van der Waals surface area (Å²) in [6, 6.07) is 1.92. The van der Waals surface area contributed by atoms with Gasteiger partial charge < -0.3 is 11.1 Å². The minimum Gasteiger partial charge on any atom is -0.348 e. The van der Waals surface area contributed by atoms with Gasteiger partial charge in [-0.2, -0.15) is 5.10 Å². The molecule has 1 saturated carbocycles. The van der Waals surface area contributed by atoms with Crippen molar-refractivity contribution in [3.8, 4) is 5.82 Å². The highest BCUT2D eigenvalue weighted by Gasteiger charge is 2.26. The van der Waals surface area contributed by atoms with Crippen LogP contribution in [0.1, 0.15) is 36.2 Å². The van der Waals surface area contributed by atoms with E-state index in [1.165, 1.54) is 12.6 Å². The third-order valence-electron chi connectivity index (χ3n) is 4.12. The van der Waals surface area contributed by atoms with E-state index in [1.807, 2.05) is 0 Å². The fourth-order valence-electron chi connectivity index (χ4n) is 2.90. The van der Waals surface area contributed by atoms with Crippen LogP contribution in [0.25, 0.3) is 5.82 Å². The number of hydrogen-bond acceptors (Lipinski definition) is 5. The first-order valence-electron chi connectivity index (χ1n) is 7.61. The van der Waals surface area contributed by atoms with Crippen LogP contribution in [0.5, 0.6) is 0 Å². The van der Waals surface area contributed by atoms with Crippen LogP contribution in [0.4, 0.5) is 0 Å². The van der Waals surface area contributed by atoms with Gasteiger partial charge in [0.15, 0.2) is 5.82 Å². The normalized spacial score (nSPS) is 20.6. The molecule has 1 amide bonds. The number of carbonyl (C=O) groups is 1. The molecule has 0 bridgehead atoms. The zero-order valence-corrected chi connectivity index (χ0v) is 13.6. The summed E-state index contributed by atoms with van der Waals surface area (Å²) in [5.41, 5.74) is 6.11. The largest absolute Gasteiger partial charge is 0.348 e. The van der Waals surface area contributed by atoms with Crippen LogP contribution in [-0.4, -0.2) is 38.2 Å². The lowest BCUT2D eigenvalue weighted by Crippen LogP contribution is -2.45. The summed E-state index contributed by atoms with van der Waals surface area (Å²) in [6.45, 7) is 0.601. The van der Waals surface area contributed by atoms with Gasteiger partial charge in [-0.25, -0.2) is 9.67 Å². The lowest BCUT2D eigenvalue weighted by Gasteiger charge is -2.31. The highest BCUT2D eigenvalue weighted by atomic mass is 35.5. The number of hydrogen-bond donors (Lipinski definition) is 2. The van der Waals surface area contributed by atoms with Crippen molar-refractivity contribution < 1.29 is 4.79 Å². The molecular formula is C15H21ClN6O. The Balaban J connectivity index is 0.00000192. The van der Waals surface area contributed by atoms with Gasteiger partial charge in [-0.05, 0) is 31.4 Å². The zero-order chi connectivity index (χ0) is 15.4. The van der Waals surface area contributed by atoms with Crippen LogP contribution in [-0.2, 0) is 0 Å². The predicted molar refractivity (Wildman–Crippen MR) is 88.7 cm³/mol. The number of nitrogens with two attached hydrogens (primary N) is 1. The Bertz CT molecular complexity index is 633. The topological polar surface area (TPSA) is 98.7 Å². The highest BCUT2D eigenvalue weighted by Crippen LogP contribution is 2.23. The van der Waals surface area contributed by atoms with Gasteiger partial charge in [0.25, 0.3) is 5.91 Å². The second-order valence-corrected chi connectivity index (χ2v) is 5.57. The molecule has 8 heteroatoms. The van der Waals surface area contributed by atoms with Gasteiger partial charge in [0.1, 0.15) is 5.69 Å². The van der Waals surface area contributed by atoms with Crippen molar-refractivity contribution in [2.45, 2.75) is 31.7 Å². The molecule has 2 heterocycles. The zero-order valence-electron chi connectivity index (χ0n) is 12.8. The van der Waals surface area contributed by atoms with E-state index < -0.39 is 0 Å². The van der Waals surface area contributed by atoms with Crippen LogP contribution in [0.2, 0.25) is 0 Å². The van der Waals surface area contributed by atoms with Crippen LogP contribution in [0, 0.1) is 5.92 Å². The summed E-state index contributed by atoms with van der Waals surface area (Å²) in [7, 11) is 0. The van der Waals surface area contributed by atoms with Crippen molar-refractivity contribution in [2.24, 2.45) is 11.7 Å². The molecular weight excluding hydrogens is 316 g/mol. The minimum atomic E-state index is -0.202. The maximum Gasteiger partial charge on any atom is 0.271 e. The van der Waals surface area contributed by atoms with E-state index in [0.717, 1.165) is 19.3 Å². The molecule has 2 atom stereocenters. The fourth-order valence-corrected chi connectivity index (χ4v) is 2.90. The Morgan fingerprint density at radius 1 is 1.35 bits per heavy atom. The quantitative estimate of drug-likeness (QED) is 0.877. The second kappa shape index (κ2) is 8.03. The van der Waals surface area contributed by atoms with E-state index >= 15 is 0 Å². The van der Waals surface area contributed by atoms with Gasteiger partial charge in [0.05, 0.1) is 12.4 Å². The van der Waals surface area contributed by atoms with E-state index in [4.69, 9.17) is 5.73 Å². The maximum atomic E-state index is 12.4.